The number of nitrogens with zero attached hydrogens (tertiary/aromatic N) is 2. The molecule has 6 rings (SSSR count). The number of benzene rings is 3. The number of likely N-dealkylation sites (tertiary alicyclic amines) is 2. The molecule has 2 saturated heterocycles. The van der Waals surface area contributed by atoms with Crippen molar-refractivity contribution in [3.8, 4) is 16.9 Å². The van der Waals surface area contributed by atoms with E-state index >= 15 is 0 Å². The lowest BCUT2D eigenvalue weighted by Gasteiger charge is -2.35. The summed E-state index contributed by atoms with van der Waals surface area (Å²) in [5.74, 6) is 0.159. The van der Waals surface area contributed by atoms with Crippen LogP contribution < -0.4 is 16.2 Å². The van der Waals surface area contributed by atoms with E-state index in [0.717, 1.165) is 81.5 Å². The van der Waals surface area contributed by atoms with Gasteiger partial charge in [-0.25, -0.2) is 4.79 Å². The number of aromatic amines is 1. The van der Waals surface area contributed by atoms with Crippen molar-refractivity contribution in [2.75, 3.05) is 44.6 Å². The second-order valence-electron chi connectivity index (χ2n) is 13.3. The first-order chi connectivity index (χ1) is 24.4. The summed E-state index contributed by atoms with van der Waals surface area (Å²) in [5.41, 5.74) is 3.32. The van der Waals surface area contributed by atoms with Crippen LogP contribution in [0.1, 0.15) is 56.6 Å². The summed E-state index contributed by atoms with van der Waals surface area (Å²) in [5, 5.41) is 27.7. The number of amides is 2. The van der Waals surface area contributed by atoms with E-state index in [2.05, 4.69) is 25.4 Å². The van der Waals surface area contributed by atoms with Crippen molar-refractivity contribution in [2.24, 2.45) is 0 Å². The van der Waals surface area contributed by atoms with Crippen molar-refractivity contribution in [3.05, 3.63) is 94.8 Å². The number of hydrogen-bond donors (Lipinski definition) is 5. The Morgan fingerprint density at radius 1 is 0.920 bits per heavy atom. The maximum Gasteiger partial charge on any atom is 0.411 e. The van der Waals surface area contributed by atoms with Gasteiger partial charge in [-0.15, -0.1) is 0 Å². The molecule has 2 aliphatic heterocycles. The molecule has 1 aromatic heterocycles. The van der Waals surface area contributed by atoms with Gasteiger partial charge in [0.05, 0.1) is 17.3 Å². The molecular formula is C39H47N5O6. The van der Waals surface area contributed by atoms with E-state index in [0.29, 0.717) is 36.0 Å². The smallest absolute Gasteiger partial charge is 0.411 e. The summed E-state index contributed by atoms with van der Waals surface area (Å²) >= 11 is 0. The Morgan fingerprint density at radius 3 is 2.52 bits per heavy atom. The highest BCUT2D eigenvalue weighted by atomic mass is 16.6. The Kier molecular flexibility index (Phi) is 11.8. The van der Waals surface area contributed by atoms with Crippen molar-refractivity contribution in [3.63, 3.8) is 0 Å². The van der Waals surface area contributed by atoms with Crippen molar-refractivity contribution >= 4 is 28.6 Å². The van der Waals surface area contributed by atoms with Crippen LogP contribution in [-0.2, 0) is 9.53 Å². The second kappa shape index (κ2) is 16.8. The van der Waals surface area contributed by atoms with E-state index in [1.807, 2.05) is 54.6 Å². The average molecular weight is 682 g/mol. The van der Waals surface area contributed by atoms with Gasteiger partial charge in [0.25, 0.3) is 0 Å². The van der Waals surface area contributed by atoms with Crippen LogP contribution in [0.4, 0.5) is 10.5 Å². The molecule has 0 aliphatic carbocycles. The highest BCUT2D eigenvalue weighted by Gasteiger charge is 2.31. The fraction of sp³-hybridized carbons (Fsp3) is 0.410. The van der Waals surface area contributed by atoms with Gasteiger partial charge in [0.15, 0.2) is 0 Å². The van der Waals surface area contributed by atoms with Crippen molar-refractivity contribution in [1.29, 1.82) is 0 Å². The van der Waals surface area contributed by atoms with Crippen molar-refractivity contribution in [1.82, 2.24) is 20.1 Å². The number of aliphatic hydroxyl groups is 1. The number of phenolic OH excluding ortho intramolecular Hbond substituents is 1. The van der Waals surface area contributed by atoms with Gasteiger partial charge in [-0.1, -0.05) is 54.6 Å². The lowest BCUT2D eigenvalue weighted by Crippen LogP contribution is -2.46. The summed E-state index contributed by atoms with van der Waals surface area (Å²) in [7, 11) is 0. The molecule has 2 fully saturated rings. The lowest BCUT2D eigenvalue weighted by atomic mass is 10.0. The average Bonchev–Trinajstić information content (AvgIpc) is 3.59. The van der Waals surface area contributed by atoms with Gasteiger partial charge in [0.2, 0.25) is 11.5 Å². The summed E-state index contributed by atoms with van der Waals surface area (Å²) in [6.45, 7) is 4.27. The highest BCUT2D eigenvalue weighted by molar-refractivity contribution is 5.91. The zero-order chi connectivity index (χ0) is 34.9. The number of aliphatic hydroxyl groups excluding tert-OH is 1. The Hall–Kier alpha value is -4.71. The zero-order valence-corrected chi connectivity index (χ0v) is 28.4. The number of piperidine rings is 1. The van der Waals surface area contributed by atoms with E-state index in [1.54, 1.807) is 12.1 Å². The van der Waals surface area contributed by atoms with E-state index in [9.17, 15) is 24.6 Å². The topological polar surface area (TPSA) is 147 Å². The van der Waals surface area contributed by atoms with Gasteiger partial charge >= 0.3 is 6.09 Å². The number of unbranched alkanes of at least 4 members (excludes halogenated alkanes) is 1. The maximum absolute atomic E-state index is 13.2. The number of nitrogens with one attached hydrogen (secondary N) is 3. The standard InChI is InChI=1S/C39H47N5O6/c45-34-17-15-31(32-16-18-36(47)42-38(32)34)35(46)25-40-21-7-6-14-37(48)44-22-8-11-28(44)26-43-23-19-29(20-24-43)50-39(49)41-33-13-5-4-12-30(33)27-9-2-1-3-10-27/h1-5,9-10,12-13,15-18,28-29,35,40,45-46H,6-8,11,14,19-26H2,(H,41,49)(H,42,47). The van der Waals surface area contributed by atoms with Gasteiger partial charge in [-0.2, -0.15) is 0 Å². The van der Waals surface area contributed by atoms with Crippen LogP contribution in [0.25, 0.3) is 22.0 Å². The van der Waals surface area contributed by atoms with Crippen LogP contribution >= 0.6 is 0 Å². The number of anilines is 1. The van der Waals surface area contributed by atoms with Gasteiger partial charge in [0.1, 0.15) is 11.9 Å². The summed E-state index contributed by atoms with van der Waals surface area (Å²) < 4.78 is 5.82. The predicted octanol–water partition coefficient (Wildman–Crippen LogP) is 5.40. The molecule has 11 heteroatoms. The lowest BCUT2D eigenvalue weighted by molar-refractivity contribution is -0.132. The monoisotopic (exact) mass is 681 g/mol. The van der Waals surface area contributed by atoms with Crippen LogP contribution in [-0.4, -0.2) is 88.4 Å². The third kappa shape index (κ3) is 8.90. The molecular weight excluding hydrogens is 634 g/mol. The molecule has 2 amide bonds. The number of hydrogen-bond acceptors (Lipinski definition) is 8. The molecule has 2 aliphatic rings. The minimum Gasteiger partial charge on any atom is -0.506 e. The minimum atomic E-state index is -0.813. The number of H-pyrrole nitrogens is 1. The first-order valence-electron chi connectivity index (χ1n) is 17.7. The maximum atomic E-state index is 13.2. The molecule has 3 heterocycles. The number of aromatic hydroxyl groups is 1. The van der Waals surface area contributed by atoms with E-state index in [-0.39, 0.29) is 29.4 Å². The Labute approximate surface area is 292 Å². The summed E-state index contributed by atoms with van der Waals surface area (Å²) in [4.78, 5) is 44.7. The Balaban J connectivity index is 0.880. The predicted molar refractivity (Wildman–Crippen MR) is 194 cm³/mol. The first kappa shape index (κ1) is 35.1. The molecule has 50 heavy (non-hydrogen) atoms. The zero-order valence-electron chi connectivity index (χ0n) is 28.4. The SMILES string of the molecule is O=C(Nc1ccccc1-c1ccccc1)OC1CCN(CC2CCCN2C(=O)CCCCNCC(O)c2ccc(O)c3[nH]c(=O)ccc23)CC1. The number of rotatable bonds is 13. The number of aromatic nitrogens is 1. The van der Waals surface area contributed by atoms with E-state index < -0.39 is 12.2 Å². The minimum absolute atomic E-state index is 0.0376. The molecule has 0 radical (unpaired) electrons. The number of fused-ring (bicyclic) bond motifs is 1. The van der Waals surface area contributed by atoms with Crippen LogP contribution in [0.15, 0.2) is 83.7 Å². The Bertz CT molecular complexity index is 1810. The van der Waals surface area contributed by atoms with Crippen LogP contribution in [0.2, 0.25) is 0 Å². The second-order valence-corrected chi connectivity index (χ2v) is 13.3. The highest BCUT2D eigenvalue weighted by Crippen LogP contribution is 2.30. The molecule has 5 N–H and O–H groups in total. The number of carbonyl (C=O) groups is 2. The molecule has 2 unspecified atom stereocenters. The molecule has 264 valence electrons. The quantitative estimate of drug-likeness (QED) is 0.118. The number of pyridine rings is 1. The molecule has 11 nitrogen and oxygen atoms in total. The molecule has 0 bridgehead atoms. The van der Waals surface area contributed by atoms with Gasteiger partial charge in [-0.05, 0) is 74.4 Å². The molecule has 0 saturated carbocycles. The number of carbonyl (C=O) groups excluding carboxylic acids is 2. The summed E-state index contributed by atoms with van der Waals surface area (Å²) in [6, 6.07) is 24.0. The fourth-order valence-electron chi connectivity index (χ4n) is 7.18. The number of ether oxygens (including phenoxy) is 1. The fourth-order valence-corrected chi connectivity index (χ4v) is 7.18. The first-order valence-corrected chi connectivity index (χ1v) is 17.7. The summed E-state index contributed by atoms with van der Waals surface area (Å²) in [6.07, 6.45) is 4.21. The number of para-hydroxylation sites is 1. The normalized spacial score (nSPS) is 17.5. The Morgan fingerprint density at radius 2 is 1.70 bits per heavy atom. The van der Waals surface area contributed by atoms with Gasteiger partial charge < -0.3 is 35.1 Å². The van der Waals surface area contributed by atoms with Gasteiger partial charge in [-0.3, -0.25) is 14.9 Å². The van der Waals surface area contributed by atoms with Crippen LogP contribution in [0, 0.1) is 0 Å². The largest absolute Gasteiger partial charge is 0.506 e. The molecule has 4 aromatic rings. The van der Waals surface area contributed by atoms with E-state index in [4.69, 9.17) is 4.74 Å². The molecule has 2 atom stereocenters. The van der Waals surface area contributed by atoms with Crippen molar-refractivity contribution < 1.29 is 24.5 Å². The van der Waals surface area contributed by atoms with E-state index in [1.165, 1.54) is 12.1 Å². The van der Waals surface area contributed by atoms with Gasteiger partial charge in [0, 0.05) is 62.2 Å². The van der Waals surface area contributed by atoms with Crippen LogP contribution in [0.5, 0.6) is 5.75 Å². The molecule has 3 aromatic carbocycles. The number of phenols is 1. The molecule has 0 spiro atoms. The third-order valence-electron chi connectivity index (χ3n) is 9.82. The van der Waals surface area contributed by atoms with Crippen LogP contribution in [0.3, 0.4) is 0 Å². The van der Waals surface area contributed by atoms with Crippen molar-refractivity contribution in [2.45, 2.75) is 63.2 Å². The third-order valence-corrected chi connectivity index (χ3v) is 9.82.